The summed E-state index contributed by atoms with van der Waals surface area (Å²) in [5.74, 6) is -0.250. The molecular weight excluding hydrogens is 168 g/mol. The van der Waals surface area contributed by atoms with E-state index in [1.165, 1.54) is 6.42 Å². The Morgan fingerprint density at radius 2 is 2.38 bits per heavy atom. The first-order chi connectivity index (χ1) is 6.24. The maximum atomic E-state index is 10.5. The van der Waals surface area contributed by atoms with Crippen LogP contribution in [0.25, 0.3) is 0 Å². The van der Waals surface area contributed by atoms with E-state index >= 15 is 0 Å². The maximum absolute atomic E-state index is 10.5. The Morgan fingerprint density at radius 1 is 1.62 bits per heavy atom. The molecular formula is C9H18N2O2. The summed E-state index contributed by atoms with van der Waals surface area (Å²) in [6.07, 6.45) is 4.18. The molecule has 1 aliphatic rings. The number of nitrogens with two attached hydrogens (primary N) is 1. The second kappa shape index (κ2) is 5.19. The minimum atomic E-state index is -0.250. The Hall–Kier alpha value is -0.610. The van der Waals surface area contributed by atoms with Gasteiger partial charge in [-0.15, -0.1) is 0 Å². The number of rotatable bonds is 5. The van der Waals surface area contributed by atoms with Gasteiger partial charge in [0, 0.05) is 26.1 Å². The zero-order valence-corrected chi connectivity index (χ0v) is 8.08. The minimum Gasteiger partial charge on any atom is -0.380 e. The molecule has 0 aromatic heterocycles. The van der Waals surface area contributed by atoms with Crippen LogP contribution < -0.4 is 11.1 Å². The van der Waals surface area contributed by atoms with Gasteiger partial charge in [-0.25, -0.2) is 0 Å². The van der Waals surface area contributed by atoms with Crippen molar-refractivity contribution in [3.63, 3.8) is 0 Å². The summed E-state index contributed by atoms with van der Waals surface area (Å²) in [6, 6.07) is 0.407. The summed E-state index contributed by atoms with van der Waals surface area (Å²) in [4.78, 5) is 10.5. The Morgan fingerprint density at radius 3 is 3.00 bits per heavy atom. The molecule has 0 aromatic rings. The highest BCUT2D eigenvalue weighted by atomic mass is 16.5. The van der Waals surface area contributed by atoms with Crippen molar-refractivity contribution in [2.75, 3.05) is 13.7 Å². The lowest BCUT2D eigenvalue weighted by molar-refractivity contribution is -0.117. The Balaban J connectivity index is 2.16. The first kappa shape index (κ1) is 10.5. The number of hydrogen-bond donors (Lipinski definition) is 2. The fourth-order valence-corrected chi connectivity index (χ4v) is 1.82. The second-order valence-corrected chi connectivity index (χ2v) is 3.48. The fraction of sp³-hybridized carbons (Fsp3) is 0.889. The van der Waals surface area contributed by atoms with E-state index in [-0.39, 0.29) is 5.91 Å². The van der Waals surface area contributed by atoms with Gasteiger partial charge in [-0.05, 0) is 19.3 Å². The van der Waals surface area contributed by atoms with Gasteiger partial charge in [-0.3, -0.25) is 4.79 Å². The number of nitrogens with one attached hydrogen (secondary N) is 1. The summed E-state index contributed by atoms with van der Waals surface area (Å²) >= 11 is 0. The number of primary amides is 1. The molecule has 1 fully saturated rings. The van der Waals surface area contributed by atoms with Gasteiger partial charge >= 0.3 is 0 Å². The molecule has 0 saturated heterocycles. The molecule has 0 bridgehead atoms. The molecule has 76 valence electrons. The molecule has 0 spiro atoms. The van der Waals surface area contributed by atoms with Crippen LogP contribution in [0.3, 0.4) is 0 Å². The minimum absolute atomic E-state index is 0.250. The van der Waals surface area contributed by atoms with E-state index in [9.17, 15) is 4.79 Å². The Labute approximate surface area is 78.8 Å². The van der Waals surface area contributed by atoms with Crippen LogP contribution in [-0.4, -0.2) is 31.7 Å². The molecule has 1 amide bonds. The highest BCUT2D eigenvalue weighted by Crippen LogP contribution is 2.21. The van der Waals surface area contributed by atoms with Crippen molar-refractivity contribution in [3.8, 4) is 0 Å². The van der Waals surface area contributed by atoms with Crippen molar-refractivity contribution in [2.24, 2.45) is 5.73 Å². The second-order valence-electron chi connectivity index (χ2n) is 3.48. The molecule has 2 atom stereocenters. The molecule has 4 nitrogen and oxygen atoms in total. The third-order valence-corrected chi connectivity index (χ3v) is 2.53. The van der Waals surface area contributed by atoms with Gasteiger partial charge in [0.05, 0.1) is 6.10 Å². The van der Waals surface area contributed by atoms with Gasteiger partial charge in [-0.1, -0.05) is 0 Å². The van der Waals surface area contributed by atoms with E-state index in [1.807, 2.05) is 0 Å². The predicted octanol–water partition coefficient (Wildman–Crippen LogP) is 0.0189. The summed E-state index contributed by atoms with van der Waals surface area (Å²) in [5, 5.41) is 3.29. The monoisotopic (exact) mass is 186 g/mol. The zero-order chi connectivity index (χ0) is 9.68. The summed E-state index contributed by atoms with van der Waals surface area (Å²) in [6.45, 7) is 0.667. The van der Waals surface area contributed by atoms with E-state index in [1.54, 1.807) is 7.11 Å². The normalized spacial score (nSPS) is 27.8. The molecule has 1 aliphatic carbocycles. The van der Waals surface area contributed by atoms with Crippen molar-refractivity contribution in [1.82, 2.24) is 5.32 Å². The number of carbonyl (C=O) groups excluding carboxylic acids is 1. The van der Waals surface area contributed by atoms with Crippen molar-refractivity contribution in [2.45, 2.75) is 37.8 Å². The van der Waals surface area contributed by atoms with E-state index in [2.05, 4.69) is 5.32 Å². The van der Waals surface area contributed by atoms with Crippen LogP contribution in [-0.2, 0) is 9.53 Å². The number of methoxy groups -OCH3 is 1. The molecule has 0 aromatic carbocycles. The van der Waals surface area contributed by atoms with Gasteiger partial charge in [0.2, 0.25) is 5.91 Å². The smallest absolute Gasteiger partial charge is 0.218 e. The number of hydrogen-bond acceptors (Lipinski definition) is 3. The summed E-state index contributed by atoms with van der Waals surface area (Å²) in [7, 11) is 1.73. The van der Waals surface area contributed by atoms with Gasteiger partial charge in [0.1, 0.15) is 0 Å². The van der Waals surface area contributed by atoms with E-state index < -0.39 is 0 Å². The zero-order valence-electron chi connectivity index (χ0n) is 8.08. The number of ether oxygens (including phenoxy) is 1. The molecule has 1 saturated carbocycles. The van der Waals surface area contributed by atoms with Crippen LogP contribution in [0.4, 0.5) is 0 Å². The van der Waals surface area contributed by atoms with Crippen molar-refractivity contribution >= 4 is 5.91 Å². The van der Waals surface area contributed by atoms with Crippen LogP contribution >= 0.6 is 0 Å². The van der Waals surface area contributed by atoms with Gasteiger partial charge in [-0.2, -0.15) is 0 Å². The molecule has 13 heavy (non-hydrogen) atoms. The average Bonchev–Trinajstić information content (AvgIpc) is 2.51. The largest absolute Gasteiger partial charge is 0.380 e. The molecule has 3 N–H and O–H groups in total. The molecule has 2 unspecified atom stereocenters. The van der Waals surface area contributed by atoms with Gasteiger partial charge < -0.3 is 15.8 Å². The molecule has 4 heteroatoms. The van der Waals surface area contributed by atoms with Crippen LogP contribution in [0.15, 0.2) is 0 Å². The number of amides is 1. The third kappa shape index (κ3) is 3.32. The molecule has 0 radical (unpaired) electrons. The van der Waals surface area contributed by atoms with Gasteiger partial charge in [0.25, 0.3) is 0 Å². The van der Waals surface area contributed by atoms with E-state index in [0.29, 0.717) is 25.1 Å². The standard InChI is InChI=1S/C9H18N2O2/c1-13-8-4-2-3-7(8)11-6-5-9(10)12/h7-8,11H,2-6H2,1H3,(H2,10,12). The lowest BCUT2D eigenvalue weighted by atomic mass is 10.2. The lowest BCUT2D eigenvalue weighted by Gasteiger charge is -2.19. The van der Waals surface area contributed by atoms with Crippen LogP contribution in [0.5, 0.6) is 0 Å². The Kier molecular flexibility index (Phi) is 4.18. The molecule has 0 aliphatic heterocycles. The predicted molar refractivity (Wildman–Crippen MR) is 50.3 cm³/mol. The number of carbonyl (C=O) groups is 1. The van der Waals surface area contributed by atoms with Crippen LogP contribution in [0, 0.1) is 0 Å². The first-order valence-electron chi connectivity index (χ1n) is 4.78. The highest BCUT2D eigenvalue weighted by molar-refractivity contribution is 5.73. The Bertz CT molecular complexity index is 173. The van der Waals surface area contributed by atoms with Crippen molar-refractivity contribution in [3.05, 3.63) is 0 Å². The first-order valence-corrected chi connectivity index (χ1v) is 4.78. The van der Waals surface area contributed by atoms with Crippen LogP contribution in [0.1, 0.15) is 25.7 Å². The fourth-order valence-electron chi connectivity index (χ4n) is 1.82. The van der Waals surface area contributed by atoms with E-state index in [0.717, 1.165) is 12.8 Å². The quantitative estimate of drug-likeness (QED) is 0.636. The molecule has 0 heterocycles. The van der Waals surface area contributed by atoms with Crippen molar-refractivity contribution < 1.29 is 9.53 Å². The van der Waals surface area contributed by atoms with Gasteiger partial charge in [0.15, 0.2) is 0 Å². The third-order valence-electron chi connectivity index (χ3n) is 2.53. The summed E-state index contributed by atoms with van der Waals surface area (Å²) < 4.78 is 5.30. The summed E-state index contributed by atoms with van der Waals surface area (Å²) in [5.41, 5.74) is 5.03. The van der Waals surface area contributed by atoms with Crippen molar-refractivity contribution in [1.29, 1.82) is 0 Å². The maximum Gasteiger partial charge on any atom is 0.218 e. The topological polar surface area (TPSA) is 64.3 Å². The lowest BCUT2D eigenvalue weighted by Crippen LogP contribution is -2.38. The SMILES string of the molecule is COC1CCCC1NCCC(N)=O. The molecule has 1 rings (SSSR count). The van der Waals surface area contributed by atoms with Crippen LogP contribution in [0.2, 0.25) is 0 Å². The highest BCUT2D eigenvalue weighted by Gasteiger charge is 2.26. The van der Waals surface area contributed by atoms with E-state index in [4.69, 9.17) is 10.5 Å². The average molecular weight is 186 g/mol.